The molecule has 0 saturated heterocycles. The molecule has 0 bridgehead atoms. The highest BCUT2D eigenvalue weighted by Gasteiger charge is 2.11. The van der Waals surface area contributed by atoms with Crippen molar-refractivity contribution in [2.45, 2.75) is 58.3 Å². The summed E-state index contributed by atoms with van der Waals surface area (Å²) in [6.45, 7) is 2.21. The Morgan fingerprint density at radius 3 is 2.50 bits per heavy atom. The van der Waals surface area contributed by atoms with Crippen LogP contribution in [0, 0.1) is 5.92 Å². The van der Waals surface area contributed by atoms with Gasteiger partial charge in [0.1, 0.15) is 0 Å². The van der Waals surface area contributed by atoms with Crippen molar-refractivity contribution in [2.24, 2.45) is 5.92 Å². The normalized spacial score (nSPS) is 20.4. The molecule has 0 aromatic rings. The van der Waals surface area contributed by atoms with E-state index in [0.29, 0.717) is 0 Å². The molecule has 12 heavy (non-hydrogen) atoms. The fourth-order valence-electron chi connectivity index (χ4n) is 2.09. The average Bonchev–Trinajstić information content (AvgIpc) is 2.14. The molecule has 0 aromatic carbocycles. The van der Waals surface area contributed by atoms with Crippen LogP contribution in [0.3, 0.4) is 0 Å². The summed E-state index contributed by atoms with van der Waals surface area (Å²) in [4.78, 5) is 0. The Balaban J connectivity index is 2.01. The van der Waals surface area contributed by atoms with E-state index in [1.807, 2.05) is 0 Å². The highest BCUT2D eigenvalue weighted by atomic mass is 14.2. The topological polar surface area (TPSA) is 0 Å². The molecule has 0 radical (unpaired) electrons. The molecule has 0 amide bonds. The van der Waals surface area contributed by atoms with Crippen molar-refractivity contribution in [3.63, 3.8) is 0 Å². The lowest BCUT2D eigenvalue weighted by atomic mass is 9.86. The molecule has 0 nitrogen and oxygen atoms in total. The molecule has 1 aliphatic rings. The maximum Gasteiger partial charge on any atom is -0.0348 e. The second kappa shape index (κ2) is 6.28. The van der Waals surface area contributed by atoms with Crippen LogP contribution in [0.15, 0.2) is 12.2 Å². The second-order valence-corrected chi connectivity index (χ2v) is 3.96. The van der Waals surface area contributed by atoms with Gasteiger partial charge in [0, 0.05) is 0 Å². The summed E-state index contributed by atoms with van der Waals surface area (Å²) in [5.41, 5.74) is 0. The van der Waals surface area contributed by atoms with Crippen LogP contribution < -0.4 is 0 Å². The highest BCUT2D eigenvalue weighted by Crippen LogP contribution is 2.27. The van der Waals surface area contributed by atoms with E-state index in [1.165, 1.54) is 51.4 Å². The first-order valence-corrected chi connectivity index (χ1v) is 5.58. The van der Waals surface area contributed by atoms with Crippen LogP contribution in [0.25, 0.3) is 0 Å². The lowest BCUT2D eigenvalue weighted by molar-refractivity contribution is 0.341. The fraction of sp³-hybridized carbons (Fsp3) is 0.833. The molecular formula is C12H22. The van der Waals surface area contributed by atoms with Gasteiger partial charge >= 0.3 is 0 Å². The van der Waals surface area contributed by atoms with Gasteiger partial charge in [-0.25, -0.2) is 0 Å². The van der Waals surface area contributed by atoms with Crippen LogP contribution in [-0.2, 0) is 0 Å². The number of hydrogen-bond donors (Lipinski definition) is 0. The summed E-state index contributed by atoms with van der Waals surface area (Å²) in [6, 6.07) is 0. The maximum atomic E-state index is 2.36. The van der Waals surface area contributed by atoms with E-state index in [-0.39, 0.29) is 0 Å². The number of hydrogen-bond acceptors (Lipinski definition) is 0. The molecule has 0 atom stereocenters. The molecule has 1 aliphatic carbocycles. The molecule has 0 heterocycles. The average molecular weight is 166 g/mol. The van der Waals surface area contributed by atoms with Crippen molar-refractivity contribution in [1.82, 2.24) is 0 Å². The summed E-state index contributed by atoms with van der Waals surface area (Å²) in [5, 5.41) is 0. The van der Waals surface area contributed by atoms with Crippen LogP contribution >= 0.6 is 0 Å². The molecule has 1 fully saturated rings. The lowest BCUT2D eigenvalue weighted by Crippen LogP contribution is -2.05. The Morgan fingerprint density at radius 2 is 1.83 bits per heavy atom. The molecule has 0 aliphatic heterocycles. The van der Waals surface area contributed by atoms with Gasteiger partial charge in [-0.05, 0) is 25.2 Å². The van der Waals surface area contributed by atoms with E-state index in [2.05, 4.69) is 19.1 Å². The van der Waals surface area contributed by atoms with Crippen molar-refractivity contribution < 1.29 is 0 Å². The van der Waals surface area contributed by atoms with Crippen molar-refractivity contribution >= 4 is 0 Å². The van der Waals surface area contributed by atoms with Gasteiger partial charge in [-0.1, -0.05) is 51.2 Å². The first-order chi connectivity index (χ1) is 5.93. The molecule has 1 saturated carbocycles. The van der Waals surface area contributed by atoms with E-state index >= 15 is 0 Å². The lowest BCUT2D eigenvalue weighted by Gasteiger charge is -2.20. The minimum Gasteiger partial charge on any atom is -0.0888 e. The second-order valence-electron chi connectivity index (χ2n) is 3.96. The first kappa shape index (κ1) is 9.83. The molecule has 0 N–H and O–H groups in total. The summed E-state index contributed by atoms with van der Waals surface area (Å²) >= 11 is 0. The van der Waals surface area contributed by atoms with Crippen molar-refractivity contribution in [2.75, 3.05) is 0 Å². The fourth-order valence-corrected chi connectivity index (χ4v) is 2.09. The quantitative estimate of drug-likeness (QED) is 0.546. The summed E-state index contributed by atoms with van der Waals surface area (Å²) in [6.07, 6.45) is 16.1. The minimum absolute atomic E-state index is 1.06. The van der Waals surface area contributed by atoms with Crippen LogP contribution in [-0.4, -0.2) is 0 Å². The Morgan fingerprint density at radius 1 is 1.08 bits per heavy atom. The third-order valence-electron chi connectivity index (χ3n) is 2.87. The Hall–Kier alpha value is -0.260. The van der Waals surface area contributed by atoms with E-state index in [4.69, 9.17) is 0 Å². The molecule has 70 valence electrons. The van der Waals surface area contributed by atoms with Gasteiger partial charge in [-0.15, -0.1) is 0 Å². The Bertz CT molecular complexity index is 118. The van der Waals surface area contributed by atoms with Gasteiger partial charge in [0.05, 0.1) is 0 Å². The standard InChI is InChI=1S/C12H22/c1-2-3-4-6-9-12-10-7-5-8-11-12/h3-4,12H,2,5-11H2,1H3. The van der Waals surface area contributed by atoms with E-state index < -0.39 is 0 Å². The molecular weight excluding hydrogens is 144 g/mol. The zero-order valence-corrected chi connectivity index (χ0v) is 8.39. The predicted molar refractivity (Wildman–Crippen MR) is 55.2 cm³/mol. The third-order valence-corrected chi connectivity index (χ3v) is 2.87. The predicted octanol–water partition coefficient (Wildman–Crippen LogP) is 4.31. The first-order valence-electron chi connectivity index (χ1n) is 5.58. The van der Waals surface area contributed by atoms with Crippen molar-refractivity contribution in [1.29, 1.82) is 0 Å². The minimum atomic E-state index is 1.06. The van der Waals surface area contributed by atoms with E-state index in [1.54, 1.807) is 0 Å². The van der Waals surface area contributed by atoms with Gasteiger partial charge < -0.3 is 0 Å². The Kier molecular flexibility index (Phi) is 5.14. The molecule has 1 rings (SSSR count). The third kappa shape index (κ3) is 3.94. The molecule has 0 unspecified atom stereocenters. The Labute approximate surface area is 77.1 Å². The van der Waals surface area contributed by atoms with Crippen molar-refractivity contribution in [3.8, 4) is 0 Å². The zero-order valence-electron chi connectivity index (χ0n) is 8.39. The molecule has 0 spiro atoms. The van der Waals surface area contributed by atoms with Gasteiger partial charge in [0.25, 0.3) is 0 Å². The van der Waals surface area contributed by atoms with Crippen molar-refractivity contribution in [3.05, 3.63) is 12.2 Å². The SMILES string of the molecule is CCC=CCCC1CCCCC1. The van der Waals surface area contributed by atoms with Crippen LogP contribution in [0.5, 0.6) is 0 Å². The highest BCUT2D eigenvalue weighted by molar-refractivity contribution is 4.81. The van der Waals surface area contributed by atoms with Gasteiger partial charge in [0.2, 0.25) is 0 Å². The summed E-state index contributed by atoms with van der Waals surface area (Å²) in [5.74, 6) is 1.06. The molecule has 0 heteroatoms. The zero-order chi connectivity index (χ0) is 8.65. The monoisotopic (exact) mass is 166 g/mol. The van der Waals surface area contributed by atoms with Crippen LogP contribution in [0.4, 0.5) is 0 Å². The van der Waals surface area contributed by atoms with Gasteiger partial charge in [-0.3, -0.25) is 0 Å². The van der Waals surface area contributed by atoms with E-state index in [9.17, 15) is 0 Å². The summed E-state index contributed by atoms with van der Waals surface area (Å²) < 4.78 is 0. The number of rotatable bonds is 4. The number of allylic oxidation sites excluding steroid dienone is 2. The largest absolute Gasteiger partial charge is 0.0888 e. The van der Waals surface area contributed by atoms with E-state index in [0.717, 1.165) is 5.92 Å². The molecule has 0 aromatic heterocycles. The maximum absolute atomic E-state index is 2.36. The van der Waals surface area contributed by atoms with Gasteiger partial charge in [0.15, 0.2) is 0 Å². The van der Waals surface area contributed by atoms with Crippen LogP contribution in [0.2, 0.25) is 0 Å². The van der Waals surface area contributed by atoms with Crippen LogP contribution in [0.1, 0.15) is 58.3 Å². The van der Waals surface area contributed by atoms with Gasteiger partial charge in [-0.2, -0.15) is 0 Å². The summed E-state index contributed by atoms with van der Waals surface area (Å²) in [7, 11) is 0. The smallest absolute Gasteiger partial charge is 0.0348 e.